The molecule has 13 heavy (non-hydrogen) atoms. The Morgan fingerprint density at radius 2 is 2.46 bits per heavy atom. The second-order valence-electron chi connectivity index (χ2n) is 2.89. The number of nitrogens with two attached hydrogens (primary N) is 1. The van der Waals surface area contributed by atoms with E-state index in [-0.39, 0.29) is 11.5 Å². The van der Waals surface area contributed by atoms with Crippen molar-refractivity contribution in [1.82, 2.24) is 5.32 Å². The zero-order valence-corrected chi connectivity index (χ0v) is 6.84. The van der Waals surface area contributed by atoms with E-state index in [1.807, 2.05) is 0 Å². The fourth-order valence-corrected chi connectivity index (χ4v) is 1.32. The summed E-state index contributed by atoms with van der Waals surface area (Å²) in [7, 11) is 0. The van der Waals surface area contributed by atoms with E-state index in [0.29, 0.717) is 18.8 Å². The Kier molecular flexibility index (Phi) is 1.72. The van der Waals surface area contributed by atoms with Gasteiger partial charge in [-0.1, -0.05) is 0 Å². The van der Waals surface area contributed by atoms with Crippen LogP contribution < -0.4 is 11.1 Å². The molecule has 2 aliphatic rings. The van der Waals surface area contributed by atoms with Crippen LogP contribution >= 0.6 is 0 Å². The van der Waals surface area contributed by atoms with E-state index in [0.717, 1.165) is 0 Å². The molecule has 1 heterocycles. The minimum absolute atomic E-state index is 0.0629. The summed E-state index contributed by atoms with van der Waals surface area (Å²) in [5.41, 5.74) is 5.73. The molecule has 0 spiro atoms. The van der Waals surface area contributed by atoms with Crippen LogP contribution in [0.2, 0.25) is 0 Å². The van der Waals surface area contributed by atoms with Crippen molar-refractivity contribution >= 4 is 5.78 Å². The van der Waals surface area contributed by atoms with Gasteiger partial charge in [-0.25, -0.2) is 4.39 Å². The molecule has 0 fully saturated rings. The van der Waals surface area contributed by atoms with Crippen LogP contribution in [0.3, 0.4) is 0 Å². The van der Waals surface area contributed by atoms with Gasteiger partial charge in [0.1, 0.15) is 6.61 Å². The second-order valence-corrected chi connectivity index (χ2v) is 2.89. The Balaban J connectivity index is 2.41. The first-order valence-electron chi connectivity index (χ1n) is 3.96. The summed E-state index contributed by atoms with van der Waals surface area (Å²) < 4.78 is 18.1. The Morgan fingerprint density at radius 1 is 1.69 bits per heavy atom. The topological polar surface area (TPSA) is 64.3 Å². The number of ketones is 1. The second kappa shape index (κ2) is 2.76. The number of carbonyl (C=O) groups is 1. The summed E-state index contributed by atoms with van der Waals surface area (Å²) in [4.78, 5) is 11.3. The normalized spacial score (nSPS) is 27.3. The van der Waals surface area contributed by atoms with Crippen molar-refractivity contribution < 1.29 is 13.9 Å². The maximum absolute atomic E-state index is 13.1. The number of hydrogen-bond donors (Lipinski definition) is 2. The lowest BCUT2D eigenvalue weighted by Gasteiger charge is -2.25. The first-order valence-corrected chi connectivity index (χ1v) is 3.96. The van der Waals surface area contributed by atoms with Gasteiger partial charge < -0.3 is 15.8 Å². The summed E-state index contributed by atoms with van der Waals surface area (Å²) in [5, 5.41) is 2.91. The fourth-order valence-electron chi connectivity index (χ4n) is 1.32. The largest absolute Gasteiger partial charge is 0.486 e. The van der Waals surface area contributed by atoms with Gasteiger partial charge in [0.05, 0.1) is 11.4 Å². The highest BCUT2D eigenvalue weighted by molar-refractivity contribution is 6.01. The fraction of sp³-hybridized carbons (Fsp3) is 0.375. The molecule has 1 aliphatic carbocycles. The number of rotatable bonds is 0. The molecule has 1 aliphatic heterocycles. The summed E-state index contributed by atoms with van der Waals surface area (Å²) >= 11 is 0. The Labute approximate surface area is 74.2 Å². The third-order valence-electron chi connectivity index (χ3n) is 1.97. The lowest BCUT2D eigenvalue weighted by Crippen LogP contribution is -2.37. The van der Waals surface area contributed by atoms with Gasteiger partial charge in [-0.2, -0.15) is 0 Å². The van der Waals surface area contributed by atoms with Crippen molar-refractivity contribution in [2.75, 3.05) is 13.2 Å². The van der Waals surface area contributed by atoms with Gasteiger partial charge >= 0.3 is 0 Å². The summed E-state index contributed by atoms with van der Waals surface area (Å²) in [5.74, 6) is -0.629. The van der Waals surface area contributed by atoms with Crippen LogP contribution in [-0.4, -0.2) is 25.1 Å². The highest BCUT2D eigenvalue weighted by atomic mass is 19.1. The predicted molar refractivity (Wildman–Crippen MR) is 43.2 cm³/mol. The maximum Gasteiger partial charge on any atom is 0.239 e. The van der Waals surface area contributed by atoms with Gasteiger partial charge in [0.25, 0.3) is 0 Å². The first-order chi connectivity index (χ1) is 6.20. The van der Waals surface area contributed by atoms with Crippen molar-refractivity contribution in [1.29, 1.82) is 0 Å². The highest BCUT2D eigenvalue weighted by Gasteiger charge is 2.33. The average Bonchev–Trinajstić information content (AvgIpc) is 2.15. The van der Waals surface area contributed by atoms with Crippen LogP contribution in [0.1, 0.15) is 0 Å². The van der Waals surface area contributed by atoms with Gasteiger partial charge in [-0.15, -0.1) is 0 Å². The number of ether oxygens (including phenoxy) is 1. The highest BCUT2D eigenvalue weighted by Crippen LogP contribution is 2.22. The van der Waals surface area contributed by atoms with Crippen molar-refractivity contribution in [3.05, 3.63) is 23.2 Å². The minimum Gasteiger partial charge on any atom is -0.486 e. The smallest absolute Gasteiger partial charge is 0.239 e. The molecule has 70 valence electrons. The monoisotopic (exact) mass is 184 g/mol. The SMILES string of the molecule is NC1=CC2=C(OCCN2)C(=O)C1F. The van der Waals surface area contributed by atoms with Gasteiger partial charge in [0.15, 0.2) is 5.76 Å². The summed E-state index contributed by atoms with van der Waals surface area (Å²) in [6.07, 6.45) is -0.348. The summed E-state index contributed by atoms with van der Waals surface area (Å²) in [6, 6.07) is 0. The van der Waals surface area contributed by atoms with Crippen LogP contribution in [0.5, 0.6) is 0 Å². The Hall–Kier alpha value is -1.52. The number of alkyl halides is 1. The van der Waals surface area contributed by atoms with E-state index in [9.17, 15) is 9.18 Å². The molecule has 0 saturated carbocycles. The first kappa shape index (κ1) is 8.10. The van der Waals surface area contributed by atoms with Gasteiger partial charge in [0.2, 0.25) is 12.0 Å². The molecular formula is C8H9FN2O2. The summed E-state index contributed by atoms with van der Waals surface area (Å²) in [6.45, 7) is 0.984. The molecular weight excluding hydrogens is 175 g/mol. The number of carbonyl (C=O) groups excluding carboxylic acids is 1. The molecule has 0 saturated heterocycles. The van der Waals surface area contributed by atoms with Crippen molar-refractivity contribution in [2.45, 2.75) is 6.17 Å². The maximum atomic E-state index is 13.1. The molecule has 5 heteroatoms. The lowest BCUT2D eigenvalue weighted by atomic mass is 10.0. The number of Topliss-reactive ketones (excluding diaryl/α,β-unsaturated/α-hetero) is 1. The Morgan fingerprint density at radius 3 is 3.23 bits per heavy atom. The van der Waals surface area contributed by atoms with Crippen LogP contribution in [0.4, 0.5) is 4.39 Å². The molecule has 0 amide bonds. The van der Waals surface area contributed by atoms with Crippen molar-refractivity contribution in [3.63, 3.8) is 0 Å². The molecule has 0 radical (unpaired) electrons. The van der Waals surface area contributed by atoms with Crippen molar-refractivity contribution in [3.8, 4) is 0 Å². The lowest BCUT2D eigenvalue weighted by molar-refractivity contribution is -0.123. The third kappa shape index (κ3) is 1.16. The molecule has 0 aromatic carbocycles. The number of nitrogens with one attached hydrogen (secondary N) is 1. The molecule has 4 nitrogen and oxygen atoms in total. The van der Waals surface area contributed by atoms with E-state index in [2.05, 4.69) is 5.32 Å². The van der Waals surface area contributed by atoms with Crippen LogP contribution in [0.25, 0.3) is 0 Å². The minimum atomic E-state index is -1.75. The zero-order valence-electron chi connectivity index (χ0n) is 6.84. The predicted octanol–water partition coefficient (Wildman–Crippen LogP) is -0.419. The van der Waals surface area contributed by atoms with E-state index < -0.39 is 12.0 Å². The van der Waals surface area contributed by atoms with Crippen LogP contribution in [-0.2, 0) is 9.53 Å². The zero-order chi connectivity index (χ0) is 9.42. The Bertz CT molecular complexity index is 322. The van der Waals surface area contributed by atoms with Gasteiger partial charge in [0, 0.05) is 6.54 Å². The average molecular weight is 184 g/mol. The van der Waals surface area contributed by atoms with Crippen LogP contribution in [0, 0.1) is 0 Å². The van der Waals surface area contributed by atoms with Gasteiger partial charge in [-0.3, -0.25) is 4.79 Å². The molecule has 3 N–H and O–H groups in total. The molecule has 2 rings (SSSR count). The van der Waals surface area contributed by atoms with E-state index >= 15 is 0 Å². The number of allylic oxidation sites excluding steroid dienone is 3. The van der Waals surface area contributed by atoms with E-state index in [1.165, 1.54) is 6.08 Å². The van der Waals surface area contributed by atoms with Gasteiger partial charge in [-0.05, 0) is 6.08 Å². The standard InChI is InChI=1S/C8H9FN2O2/c9-6-4(10)3-5-8(7(6)12)13-2-1-11-5/h3,6,11H,1-2,10H2. The third-order valence-corrected chi connectivity index (χ3v) is 1.97. The molecule has 1 unspecified atom stereocenters. The van der Waals surface area contributed by atoms with E-state index in [4.69, 9.17) is 10.5 Å². The molecule has 0 bridgehead atoms. The van der Waals surface area contributed by atoms with Crippen LogP contribution in [0.15, 0.2) is 23.2 Å². The molecule has 1 atom stereocenters. The van der Waals surface area contributed by atoms with E-state index in [1.54, 1.807) is 0 Å². The molecule has 0 aromatic rings. The quantitative estimate of drug-likeness (QED) is 0.536. The number of hydrogen-bond acceptors (Lipinski definition) is 4. The molecule has 0 aromatic heterocycles. The number of halogens is 1. The van der Waals surface area contributed by atoms with Crippen molar-refractivity contribution in [2.24, 2.45) is 5.73 Å².